The van der Waals surface area contributed by atoms with Crippen LogP contribution in [0, 0.1) is 0 Å². The van der Waals surface area contributed by atoms with Crippen molar-refractivity contribution >= 4 is 132 Å². The topological polar surface area (TPSA) is 0 Å². The quantitative estimate of drug-likeness (QED) is 0.154. The van der Waals surface area contributed by atoms with Gasteiger partial charge in [-0.1, -0.05) is 110 Å². The van der Waals surface area contributed by atoms with E-state index in [1.807, 2.05) is 58.3 Å². The monoisotopic (exact) mass is 746 g/mol. The molecule has 0 unspecified atom stereocenters. The molecule has 53 heavy (non-hydrogen) atoms. The molecule has 0 N–H and O–H groups in total. The van der Waals surface area contributed by atoms with Gasteiger partial charge in [0.1, 0.15) is 0 Å². The van der Waals surface area contributed by atoms with E-state index in [1.165, 1.54) is 109 Å². The zero-order chi connectivity index (χ0) is 35.2. The van der Waals surface area contributed by atoms with Gasteiger partial charge in [0, 0.05) is 61.9 Å². The van der Waals surface area contributed by atoms with Crippen molar-refractivity contribution in [3.8, 4) is 22.3 Å². The van der Waals surface area contributed by atoms with Crippen molar-refractivity contribution in [3.63, 3.8) is 0 Å². The van der Waals surface area contributed by atoms with Gasteiger partial charge >= 0.3 is 0 Å². The number of thiophene rings is 4. The Morgan fingerprint density at radius 2 is 0.849 bits per heavy atom. The highest BCUT2D eigenvalue weighted by Crippen LogP contribution is 2.48. The third-order valence-corrected chi connectivity index (χ3v) is 15.7. The van der Waals surface area contributed by atoms with E-state index >= 15 is 0 Å². The molecule has 250 valence electrons. The molecule has 4 heterocycles. The van der Waals surface area contributed by atoms with Crippen LogP contribution >= 0.6 is 45.3 Å². The number of hydrogen-bond acceptors (Lipinski definition) is 4. The highest BCUT2D eigenvalue weighted by atomic mass is 32.1. The predicted molar refractivity (Wildman–Crippen MR) is 242 cm³/mol. The first kappa shape index (κ1) is 31.2. The smallest absolute Gasteiger partial charge is 0.0534 e. The van der Waals surface area contributed by atoms with Gasteiger partial charge in [0.05, 0.1) is 18.8 Å². The van der Waals surface area contributed by atoms with Crippen LogP contribution < -0.4 is 0 Å². The summed E-state index contributed by atoms with van der Waals surface area (Å²) < 4.78 is 10.9. The molecule has 0 aliphatic heterocycles. The number of benzene rings is 7. The van der Waals surface area contributed by atoms with E-state index in [2.05, 4.69) is 152 Å². The molecule has 4 heteroatoms. The summed E-state index contributed by atoms with van der Waals surface area (Å²) in [6, 6.07) is 48.0. The Hall–Kier alpha value is -5.36. The maximum Gasteiger partial charge on any atom is 0.0534 e. The lowest BCUT2D eigenvalue weighted by Crippen LogP contribution is -1.80. The molecule has 0 aliphatic carbocycles. The Morgan fingerprint density at radius 3 is 1.28 bits per heavy atom. The molecule has 0 aliphatic rings. The molecule has 0 fully saturated rings. The molecule has 0 radical (unpaired) electrons. The lowest BCUT2D eigenvalue weighted by atomic mass is 9.99. The van der Waals surface area contributed by atoms with Crippen LogP contribution in [0.4, 0.5) is 0 Å². The van der Waals surface area contributed by atoms with Crippen LogP contribution in [0.15, 0.2) is 158 Å². The fourth-order valence-corrected chi connectivity index (χ4v) is 13.0. The molecule has 0 spiro atoms. The van der Waals surface area contributed by atoms with E-state index in [4.69, 9.17) is 0 Å². The zero-order valence-corrected chi connectivity index (χ0v) is 32.0. The predicted octanol–water partition coefficient (Wildman–Crippen LogP) is 16.6. The number of allylic oxidation sites excluding steroid dienone is 5. The fraction of sp³-hybridized carbons (Fsp3) is 0.0204. The van der Waals surface area contributed by atoms with Crippen LogP contribution in [0.3, 0.4) is 0 Å². The third-order valence-electron chi connectivity index (χ3n) is 10.6. The van der Waals surface area contributed by atoms with E-state index in [-0.39, 0.29) is 0 Å². The summed E-state index contributed by atoms with van der Waals surface area (Å²) in [4.78, 5) is 0. The van der Waals surface area contributed by atoms with E-state index in [1.54, 1.807) is 0 Å². The summed E-state index contributed by atoms with van der Waals surface area (Å²) in [6.45, 7) is 6.11. The summed E-state index contributed by atoms with van der Waals surface area (Å²) in [5.41, 5.74) is 7.40. The summed E-state index contributed by atoms with van der Waals surface area (Å²) in [5, 5.41) is 10.7. The van der Waals surface area contributed by atoms with Crippen molar-refractivity contribution in [2.45, 2.75) is 6.92 Å². The summed E-state index contributed by atoms with van der Waals surface area (Å²) in [7, 11) is 0. The van der Waals surface area contributed by atoms with Crippen LogP contribution in [0.5, 0.6) is 0 Å². The number of rotatable bonds is 5. The minimum atomic E-state index is 1.14. The van der Waals surface area contributed by atoms with Crippen molar-refractivity contribution < 1.29 is 0 Å². The standard InChI is InChI=1S/C49H30S4/c1-3-5-9-28(4-2)30-12-20-42-38(24-30)34-16-18-36-40-26-32(14-22-44(40)52-48(36)46(34)50-42)33-15-23-45-41(27-33)37-19-17-35-39-25-31(29-10-7-6-8-11-29)13-21-43(39)51-47(35)49(37)53-45/h3-27H,2H2,1H3/b5-3-,28-9+. The Kier molecular flexibility index (Phi) is 7.12. The molecular weight excluding hydrogens is 717 g/mol. The van der Waals surface area contributed by atoms with Gasteiger partial charge in [0.2, 0.25) is 0 Å². The summed E-state index contributed by atoms with van der Waals surface area (Å²) in [5.74, 6) is 0. The minimum Gasteiger partial charge on any atom is -0.134 e. The molecule has 0 amide bonds. The molecule has 11 aromatic rings. The maximum absolute atomic E-state index is 4.07. The normalized spacial score (nSPS) is 12.7. The highest BCUT2D eigenvalue weighted by Gasteiger charge is 2.17. The second kappa shape index (κ2) is 12.1. The minimum absolute atomic E-state index is 1.14. The largest absolute Gasteiger partial charge is 0.134 e. The van der Waals surface area contributed by atoms with Crippen molar-refractivity contribution in [3.05, 3.63) is 164 Å². The first-order valence-corrected chi connectivity index (χ1v) is 21.1. The molecule has 0 atom stereocenters. The highest BCUT2D eigenvalue weighted by molar-refractivity contribution is 7.34. The van der Waals surface area contributed by atoms with E-state index < -0.39 is 0 Å². The van der Waals surface area contributed by atoms with Crippen LogP contribution in [0.25, 0.3) is 109 Å². The van der Waals surface area contributed by atoms with Crippen molar-refractivity contribution in [1.29, 1.82) is 0 Å². The van der Waals surface area contributed by atoms with Crippen molar-refractivity contribution in [1.82, 2.24) is 0 Å². The van der Waals surface area contributed by atoms with Crippen LogP contribution in [-0.4, -0.2) is 0 Å². The molecule has 0 bridgehead atoms. The Labute approximate surface area is 322 Å². The number of fused-ring (bicyclic) bond motifs is 14. The average Bonchev–Trinajstić information content (AvgIpc) is 3.97. The number of hydrogen-bond donors (Lipinski definition) is 0. The van der Waals surface area contributed by atoms with E-state index in [0.29, 0.717) is 0 Å². The molecular formula is C49H30S4. The van der Waals surface area contributed by atoms with Gasteiger partial charge in [-0.3, -0.25) is 0 Å². The Bertz CT molecular complexity index is 3360. The molecule has 0 nitrogen and oxygen atoms in total. The van der Waals surface area contributed by atoms with E-state index in [0.717, 1.165) is 5.57 Å². The molecule has 4 aromatic heterocycles. The van der Waals surface area contributed by atoms with Gasteiger partial charge in [0.25, 0.3) is 0 Å². The fourth-order valence-electron chi connectivity index (χ4n) is 7.97. The van der Waals surface area contributed by atoms with Gasteiger partial charge < -0.3 is 0 Å². The molecule has 11 rings (SSSR count). The first-order chi connectivity index (χ1) is 26.1. The van der Waals surface area contributed by atoms with E-state index in [9.17, 15) is 0 Å². The van der Waals surface area contributed by atoms with Gasteiger partial charge in [0.15, 0.2) is 0 Å². The van der Waals surface area contributed by atoms with Crippen molar-refractivity contribution in [2.24, 2.45) is 0 Å². The lowest BCUT2D eigenvalue weighted by Gasteiger charge is -2.04. The molecule has 7 aromatic carbocycles. The van der Waals surface area contributed by atoms with Gasteiger partial charge in [-0.05, 0) is 88.8 Å². The second-order valence-corrected chi connectivity index (χ2v) is 17.8. The molecule has 0 saturated heterocycles. The van der Waals surface area contributed by atoms with Crippen molar-refractivity contribution in [2.75, 3.05) is 0 Å². The van der Waals surface area contributed by atoms with Crippen LogP contribution in [0.2, 0.25) is 0 Å². The SMILES string of the molecule is C=C/C(=C\C=C/C)c1ccc2sc3c(ccc4c5cc(-c6ccc7sc8c(ccc9c%10cc(-c%11ccccc%11)ccc%10sc98)c7c6)ccc5sc43)c2c1. The third kappa shape index (κ3) is 4.84. The van der Waals surface area contributed by atoms with Crippen LogP contribution in [0.1, 0.15) is 12.5 Å². The maximum atomic E-state index is 4.07. The van der Waals surface area contributed by atoms with Gasteiger partial charge in [-0.15, -0.1) is 45.3 Å². The van der Waals surface area contributed by atoms with Crippen LogP contribution in [-0.2, 0) is 0 Å². The Morgan fingerprint density at radius 1 is 0.434 bits per heavy atom. The summed E-state index contributed by atoms with van der Waals surface area (Å²) >= 11 is 7.69. The summed E-state index contributed by atoms with van der Waals surface area (Å²) in [6.07, 6.45) is 8.21. The second-order valence-electron chi connectivity index (χ2n) is 13.6. The average molecular weight is 747 g/mol. The van der Waals surface area contributed by atoms with Gasteiger partial charge in [-0.2, -0.15) is 0 Å². The van der Waals surface area contributed by atoms with Gasteiger partial charge in [-0.25, -0.2) is 0 Å². The Balaban J connectivity index is 1.01. The molecule has 0 saturated carbocycles. The zero-order valence-electron chi connectivity index (χ0n) is 28.8. The first-order valence-electron chi connectivity index (χ1n) is 17.8. The lowest BCUT2D eigenvalue weighted by molar-refractivity contribution is 1.66.